The molecule has 0 fully saturated rings. The van der Waals surface area contributed by atoms with E-state index in [0.717, 1.165) is 25.8 Å². The maximum Gasteiger partial charge on any atom is 0.238 e. The third-order valence-corrected chi connectivity index (χ3v) is 5.46. The van der Waals surface area contributed by atoms with Gasteiger partial charge in [-0.15, -0.1) is 0 Å². The summed E-state index contributed by atoms with van der Waals surface area (Å²) in [7, 11) is -3.29. The van der Waals surface area contributed by atoms with Crippen LogP contribution in [0.4, 0.5) is 5.69 Å². The highest BCUT2D eigenvalue weighted by atomic mass is 32.2. The summed E-state index contributed by atoms with van der Waals surface area (Å²) >= 11 is 0. The number of nitrogens with zero attached hydrogens (tertiary/aromatic N) is 1. The van der Waals surface area contributed by atoms with Crippen molar-refractivity contribution in [2.24, 2.45) is 0 Å². The highest BCUT2D eigenvalue weighted by Crippen LogP contribution is 2.22. The zero-order valence-electron chi connectivity index (χ0n) is 14.7. The van der Waals surface area contributed by atoms with Crippen LogP contribution in [0, 0.1) is 0 Å². The minimum Gasteiger partial charge on any atom is -0.325 e. The van der Waals surface area contributed by atoms with Crippen LogP contribution in [-0.4, -0.2) is 45.1 Å². The standard InChI is InChI=1S/C20H22N2O3S/c1-26(24,25)19-9-5-8-18(14-19)21-20(23)15-22-12-10-17(11-13-22)16-6-3-2-4-7-16/h2-10,14H,11-13,15H2,1H3,(H,21,23). The van der Waals surface area contributed by atoms with Crippen LogP contribution in [0.3, 0.4) is 0 Å². The lowest BCUT2D eigenvalue weighted by atomic mass is 10.00. The number of carbonyl (C=O) groups is 1. The van der Waals surface area contributed by atoms with Gasteiger partial charge in [0.1, 0.15) is 0 Å². The Kier molecular flexibility index (Phi) is 5.54. The molecule has 136 valence electrons. The van der Waals surface area contributed by atoms with Gasteiger partial charge in [-0.3, -0.25) is 9.69 Å². The van der Waals surface area contributed by atoms with Crippen LogP contribution in [0.5, 0.6) is 0 Å². The molecule has 6 heteroatoms. The molecule has 26 heavy (non-hydrogen) atoms. The van der Waals surface area contributed by atoms with Gasteiger partial charge in [-0.2, -0.15) is 0 Å². The minimum atomic E-state index is -3.29. The van der Waals surface area contributed by atoms with E-state index in [-0.39, 0.29) is 17.3 Å². The second-order valence-electron chi connectivity index (χ2n) is 6.43. The molecule has 0 atom stereocenters. The van der Waals surface area contributed by atoms with Crippen molar-refractivity contribution in [2.75, 3.05) is 31.2 Å². The predicted molar refractivity (Wildman–Crippen MR) is 104 cm³/mol. The number of carbonyl (C=O) groups excluding carboxylic acids is 1. The van der Waals surface area contributed by atoms with Crippen molar-refractivity contribution in [1.82, 2.24) is 4.90 Å². The lowest BCUT2D eigenvalue weighted by molar-refractivity contribution is -0.117. The molecule has 0 saturated heterocycles. The Morgan fingerprint density at radius 2 is 1.88 bits per heavy atom. The van der Waals surface area contributed by atoms with Gasteiger partial charge in [0.15, 0.2) is 9.84 Å². The van der Waals surface area contributed by atoms with Crippen molar-refractivity contribution in [1.29, 1.82) is 0 Å². The average molecular weight is 370 g/mol. The Hall–Kier alpha value is -2.44. The summed E-state index contributed by atoms with van der Waals surface area (Å²) in [4.78, 5) is 14.5. The van der Waals surface area contributed by atoms with Gasteiger partial charge >= 0.3 is 0 Å². The third-order valence-electron chi connectivity index (χ3n) is 4.35. The van der Waals surface area contributed by atoms with Gasteiger partial charge in [0, 0.05) is 25.0 Å². The van der Waals surface area contributed by atoms with Crippen molar-refractivity contribution in [2.45, 2.75) is 11.3 Å². The molecule has 0 aliphatic carbocycles. The number of amides is 1. The Morgan fingerprint density at radius 3 is 2.54 bits per heavy atom. The van der Waals surface area contributed by atoms with E-state index in [4.69, 9.17) is 0 Å². The van der Waals surface area contributed by atoms with E-state index in [9.17, 15) is 13.2 Å². The number of hydrogen-bond donors (Lipinski definition) is 1. The van der Waals surface area contributed by atoms with Gasteiger partial charge < -0.3 is 5.32 Å². The first kappa shape index (κ1) is 18.4. The molecular weight excluding hydrogens is 348 g/mol. The SMILES string of the molecule is CS(=O)(=O)c1cccc(NC(=O)CN2CC=C(c3ccccc3)CC2)c1. The molecule has 1 aliphatic heterocycles. The summed E-state index contributed by atoms with van der Waals surface area (Å²) in [6.45, 7) is 1.82. The topological polar surface area (TPSA) is 66.5 Å². The maximum atomic E-state index is 12.3. The van der Waals surface area contributed by atoms with E-state index in [1.807, 2.05) is 18.2 Å². The smallest absolute Gasteiger partial charge is 0.238 e. The fourth-order valence-electron chi connectivity index (χ4n) is 2.98. The number of nitrogens with one attached hydrogen (secondary N) is 1. The van der Waals surface area contributed by atoms with Gasteiger partial charge in [-0.25, -0.2) is 8.42 Å². The molecule has 3 rings (SSSR count). The molecule has 0 bridgehead atoms. The lowest BCUT2D eigenvalue weighted by Crippen LogP contribution is -2.36. The van der Waals surface area contributed by atoms with Crippen molar-refractivity contribution >= 4 is 27.0 Å². The van der Waals surface area contributed by atoms with E-state index in [1.54, 1.807) is 12.1 Å². The van der Waals surface area contributed by atoms with Gasteiger partial charge in [0.25, 0.3) is 0 Å². The summed E-state index contributed by atoms with van der Waals surface area (Å²) in [6, 6.07) is 16.6. The van der Waals surface area contributed by atoms with Crippen LogP contribution in [0.25, 0.3) is 5.57 Å². The molecule has 1 heterocycles. The molecule has 1 aliphatic rings. The van der Waals surface area contributed by atoms with E-state index in [1.165, 1.54) is 23.3 Å². The van der Waals surface area contributed by atoms with Crippen molar-refractivity contribution < 1.29 is 13.2 Å². The first-order valence-electron chi connectivity index (χ1n) is 8.48. The Labute approximate surface area is 154 Å². The summed E-state index contributed by atoms with van der Waals surface area (Å²) in [5, 5.41) is 2.78. The zero-order valence-corrected chi connectivity index (χ0v) is 15.5. The van der Waals surface area contributed by atoms with Crippen LogP contribution in [0.15, 0.2) is 65.6 Å². The van der Waals surface area contributed by atoms with Gasteiger partial charge in [-0.1, -0.05) is 42.5 Å². The molecule has 0 unspecified atom stereocenters. The Morgan fingerprint density at radius 1 is 1.12 bits per heavy atom. The summed E-state index contributed by atoms with van der Waals surface area (Å²) in [5.74, 6) is -0.146. The van der Waals surface area contributed by atoms with Gasteiger partial charge in [0.2, 0.25) is 5.91 Å². The number of anilines is 1. The summed E-state index contributed by atoms with van der Waals surface area (Å²) < 4.78 is 23.2. The maximum absolute atomic E-state index is 12.3. The monoisotopic (exact) mass is 370 g/mol. The molecule has 2 aromatic carbocycles. The van der Waals surface area contributed by atoms with Crippen molar-refractivity contribution in [3.8, 4) is 0 Å². The molecule has 2 aromatic rings. The number of sulfone groups is 1. The van der Waals surface area contributed by atoms with Crippen molar-refractivity contribution in [3.63, 3.8) is 0 Å². The highest BCUT2D eigenvalue weighted by molar-refractivity contribution is 7.90. The number of benzene rings is 2. The largest absolute Gasteiger partial charge is 0.325 e. The molecule has 1 N–H and O–H groups in total. The lowest BCUT2D eigenvalue weighted by Gasteiger charge is -2.25. The van der Waals surface area contributed by atoms with Crippen LogP contribution < -0.4 is 5.32 Å². The molecule has 0 spiro atoms. The third kappa shape index (κ3) is 4.80. The first-order valence-corrected chi connectivity index (χ1v) is 10.4. The number of rotatable bonds is 5. The predicted octanol–water partition coefficient (Wildman–Crippen LogP) is 2.82. The van der Waals surface area contributed by atoms with E-state index < -0.39 is 9.84 Å². The second-order valence-corrected chi connectivity index (χ2v) is 8.44. The van der Waals surface area contributed by atoms with E-state index >= 15 is 0 Å². The van der Waals surface area contributed by atoms with Crippen LogP contribution >= 0.6 is 0 Å². The average Bonchev–Trinajstić information content (AvgIpc) is 2.62. The zero-order chi connectivity index (χ0) is 18.6. The summed E-state index contributed by atoms with van der Waals surface area (Å²) in [5.41, 5.74) is 3.03. The highest BCUT2D eigenvalue weighted by Gasteiger charge is 2.16. The Bertz CT molecular complexity index is 921. The molecule has 5 nitrogen and oxygen atoms in total. The van der Waals surface area contributed by atoms with Crippen LogP contribution in [0.2, 0.25) is 0 Å². The minimum absolute atomic E-state index is 0.146. The van der Waals surface area contributed by atoms with Crippen molar-refractivity contribution in [3.05, 3.63) is 66.2 Å². The molecule has 0 aromatic heterocycles. The van der Waals surface area contributed by atoms with Gasteiger partial charge in [0.05, 0.1) is 11.4 Å². The normalized spacial score (nSPS) is 15.3. The van der Waals surface area contributed by atoms with Crippen LogP contribution in [0.1, 0.15) is 12.0 Å². The fourth-order valence-corrected chi connectivity index (χ4v) is 3.64. The van der Waals surface area contributed by atoms with Gasteiger partial charge in [-0.05, 0) is 35.8 Å². The van der Waals surface area contributed by atoms with E-state index in [2.05, 4.69) is 28.4 Å². The number of hydrogen-bond acceptors (Lipinski definition) is 4. The molecule has 0 saturated carbocycles. The van der Waals surface area contributed by atoms with E-state index in [0.29, 0.717) is 5.69 Å². The molecule has 0 radical (unpaired) electrons. The quantitative estimate of drug-likeness (QED) is 0.879. The Balaban J connectivity index is 1.57. The molecular formula is C20H22N2O3S. The fraction of sp³-hybridized carbons (Fsp3) is 0.250. The first-order chi connectivity index (χ1) is 12.4. The second kappa shape index (κ2) is 7.85. The summed E-state index contributed by atoms with van der Waals surface area (Å²) in [6.07, 6.45) is 4.22. The van der Waals surface area contributed by atoms with Crippen LogP contribution in [-0.2, 0) is 14.6 Å². The molecule has 1 amide bonds.